The molecule has 0 aliphatic heterocycles. The van der Waals surface area contributed by atoms with Crippen molar-refractivity contribution in [2.24, 2.45) is 0 Å². The average molecular weight is 299 g/mol. The van der Waals surface area contributed by atoms with Crippen LogP contribution < -0.4 is 5.32 Å². The Morgan fingerprint density at radius 3 is 2.48 bits per heavy atom. The van der Waals surface area contributed by atoms with Gasteiger partial charge >= 0.3 is 0 Å². The van der Waals surface area contributed by atoms with Crippen LogP contribution in [0, 0.1) is 0 Å². The number of hydrogen-bond acceptors (Lipinski definition) is 2. The highest BCUT2D eigenvalue weighted by molar-refractivity contribution is 7.09. The lowest BCUT2D eigenvalue weighted by atomic mass is 9.71. The lowest BCUT2D eigenvalue weighted by molar-refractivity contribution is 0.298. The van der Waals surface area contributed by atoms with Crippen LogP contribution in [0.25, 0.3) is 0 Å². The summed E-state index contributed by atoms with van der Waals surface area (Å²) >= 11 is 1.89. The molecule has 0 radical (unpaired) electrons. The third kappa shape index (κ3) is 3.07. The summed E-state index contributed by atoms with van der Waals surface area (Å²) in [6, 6.07) is 16.2. The molecule has 1 aliphatic carbocycles. The number of nitrogens with one attached hydrogen (secondary N) is 1. The molecule has 1 unspecified atom stereocenters. The number of thiophene rings is 1. The van der Waals surface area contributed by atoms with Crippen molar-refractivity contribution in [1.29, 1.82) is 0 Å². The Balaban J connectivity index is 1.93. The van der Waals surface area contributed by atoms with E-state index >= 15 is 0 Å². The SMILES string of the molecule is CCNC(Cc1cccs1)C1(c2ccccc2)CCCC1. The predicted octanol–water partition coefficient (Wildman–Crippen LogP) is 4.78. The first-order valence-electron chi connectivity index (χ1n) is 8.16. The second kappa shape index (κ2) is 6.76. The molecule has 0 amide bonds. The molecule has 2 aromatic rings. The molecule has 1 saturated carbocycles. The van der Waals surface area contributed by atoms with Gasteiger partial charge in [-0.1, -0.05) is 56.2 Å². The van der Waals surface area contributed by atoms with Gasteiger partial charge in [-0.15, -0.1) is 11.3 Å². The molecule has 21 heavy (non-hydrogen) atoms. The van der Waals surface area contributed by atoms with Crippen LogP contribution in [0.1, 0.15) is 43.0 Å². The largest absolute Gasteiger partial charge is 0.313 e. The van der Waals surface area contributed by atoms with Gasteiger partial charge in [0.1, 0.15) is 0 Å². The first-order chi connectivity index (χ1) is 10.3. The summed E-state index contributed by atoms with van der Waals surface area (Å²) in [5.41, 5.74) is 1.85. The van der Waals surface area contributed by atoms with Crippen LogP contribution in [0.3, 0.4) is 0 Å². The van der Waals surface area contributed by atoms with Crippen molar-refractivity contribution in [3.05, 3.63) is 58.3 Å². The fraction of sp³-hybridized carbons (Fsp3) is 0.474. The van der Waals surface area contributed by atoms with E-state index in [1.807, 2.05) is 11.3 Å². The average Bonchev–Trinajstić information content (AvgIpc) is 3.20. The van der Waals surface area contributed by atoms with E-state index in [1.165, 1.54) is 36.1 Å². The maximum atomic E-state index is 3.81. The summed E-state index contributed by atoms with van der Waals surface area (Å²) in [6.45, 7) is 3.28. The number of benzene rings is 1. The maximum absolute atomic E-state index is 3.81. The molecule has 1 nitrogen and oxygen atoms in total. The normalized spacial score (nSPS) is 18.7. The Labute approximate surface area is 132 Å². The molecule has 1 atom stereocenters. The number of rotatable bonds is 6. The van der Waals surface area contributed by atoms with Crippen LogP contribution >= 0.6 is 11.3 Å². The quantitative estimate of drug-likeness (QED) is 0.809. The first kappa shape index (κ1) is 14.8. The second-order valence-corrected chi connectivity index (χ2v) is 7.16. The zero-order valence-electron chi connectivity index (χ0n) is 12.8. The van der Waals surface area contributed by atoms with Gasteiger partial charge in [-0.05, 0) is 42.8 Å². The van der Waals surface area contributed by atoms with Crippen LogP contribution in [0.15, 0.2) is 47.8 Å². The third-order valence-electron chi connectivity index (χ3n) is 4.95. The molecule has 1 N–H and O–H groups in total. The topological polar surface area (TPSA) is 12.0 Å². The van der Waals surface area contributed by atoms with E-state index in [9.17, 15) is 0 Å². The molecule has 2 heteroatoms. The molecule has 1 aromatic carbocycles. The minimum atomic E-state index is 0.321. The Bertz CT molecular complexity index is 526. The fourth-order valence-corrected chi connectivity index (χ4v) is 4.71. The van der Waals surface area contributed by atoms with Gasteiger partial charge in [0, 0.05) is 16.3 Å². The van der Waals surface area contributed by atoms with Gasteiger partial charge in [0.25, 0.3) is 0 Å². The summed E-state index contributed by atoms with van der Waals surface area (Å²) in [5, 5.41) is 6.01. The number of hydrogen-bond donors (Lipinski definition) is 1. The smallest absolute Gasteiger partial charge is 0.0212 e. The summed E-state index contributed by atoms with van der Waals surface area (Å²) < 4.78 is 0. The van der Waals surface area contributed by atoms with Gasteiger partial charge in [0.05, 0.1) is 0 Å². The molecule has 1 heterocycles. The molecule has 1 fully saturated rings. The van der Waals surface area contributed by atoms with Crippen molar-refractivity contribution >= 4 is 11.3 Å². The second-order valence-electron chi connectivity index (χ2n) is 6.12. The van der Waals surface area contributed by atoms with Crippen molar-refractivity contribution in [3.8, 4) is 0 Å². The van der Waals surface area contributed by atoms with E-state index in [2.05, 4.69) is 60.1 Å². The van der Waals surface area contributed by atoms with Crippen LogP contribution in [-0.2, 0) is 11.8 Å². The molecule has 1 aromatic heterocycles. The molecular formula is C19H25NS. The van der Waals surface area contributed by atoms with Crippen molar-refractivity contribution in [2.75, 3.05) is 6.54 Å². The van der Waals surface area contributed by atoms with Crippen molar-refractivity contribution in [1.82, 2.24) is 5.32 Å². The zero-order valence-corrected chi connectivity index (χ0v) is 13.7. The summed E-state index contributed by atoms with van der Waals surface area (Å²) in [4.78, 5) is 1.50. The van der Waals surface area contributed by atoms with Gasteiger partial charge < -0.3 is 5.32 Å². The Hall–Kier alpha value is -1.12. The van der Waals surface area contributed by atoms with Crippen LogP contribution in [0.2, 0.25) is 0 Å². The Morgan fingerprint density at radius 1 is 1.10 bits per heavy atom. The van der Waals surface area contributed by atoms with Crippen LogP contribution in [-0.4, -0.2) is 12.6 Å². The van der Waals surface area contributed by atoms with E-state index in [-0.39, 0.29) is 0 Å². The third-order valence-corrected chi connectivity index (χ3v) is 5.85. The van der Waals surface area contributed by atoms with Crippen LogP contribution in [0.4, 0.5) is 0 Å². The first-order valence-corrected chi connectivity index (χ1v) is 9.04. The molecular weight excluding hydrogens is 274 g/mol. The van der Waals surface area contributed by atoms with E-state index in [0.717, 1.165) is 13.0 Å². The molecule has 0 spiro atoms. The summed E-state index contributed by atoms with van der Waals surface area (Å²) in [6.07, 6.45) is 6.52. The summed E-state index contributed by atoms with van der Waals surface area (Å²) in [7, 11) is 0. The molecule has 1 aliphatic rings. The van der Waals surface area contributed by atoms with Crippen molar-refractivity contribution < 1.29 is 0 Å². The minimum absolute atomic E-state index is 0.321. The fourth-order valence-electron chi connectivity index (χ4n) is 3.95. The van der Waals surface area contributed by atoms with Crippen LogP contribution in [0.5, 0.6) is 0 Å². The monoisotopic (exact) mass is 299 g/mol. The highest BCUT2D eigenvalue weighted by atomic mass is 32.1. The van der Waals surface area contributed by atoms with Gasteiger partial charge in [-0.25, -0.2) is 0 Å². The van der Waals surface area contributed by atoms with E-state index in [4.69, 9.17) is 0 Å². The van der Waals surface area contributed by atoms with Gasteiger partial charge in [-0.2, -0.15) is 0 Å². The van der Waals surface area contributed by atoms with E-state index < -0.39 is 0 Å². The number of likely N-dealkylation sites (N-methyl/N-ethyl adjacent to an activating group) is 1. The van der Waals surface area contributed by atoms with Gasteiger partial charge in [0.15, 0.2) is 0 Å². The highest BCUT2D eigenvalue weighted by Crippen LogP contribution is 2.44. The maximum Gasteiger partial charge on any atom is 0.0212 e. The molecule has 3 rings (SSSR count). The lowest BCUT2D eigenvalue weighted by Crippen LogP contribution is -2.48. The standard InChI is InChI=1S/C19H25NS/c1-2-20-18(15-17-11-8-14-21-17)19(12-6-7-13-19)16-9-4-3-5-10-16/h3-5,8-11,14,18,20H,2,6-7,12-13,15H2,1H3. The lowest BCUT2D eigenvalue weighted by Gasteiger charge is -2.39. The van der Waals surface area contributed by atoms with Gasteiger partial charge in [-0.3, -0.25) is 0 Å². The Morgan fingerprint density at radius 2 is 1.86 bits per heavy atom. The highest BCUT2D eigenvalue weighted by Gasteiger charge is 2.42. The zero-order chi connectivity index (χ0) is 14.5. The molecule has 112 valence electrons. The molecule has 0 bridgehead atoms. The summed E-state index contributed by atoms with van der Waals surface area (Å²) in [5.74, 6) is 0. The van der Waals surface area contributed by atoms with Crippen molar-refractivity contribution in [2.45, 2.75) is 50.5 Å². The van der Waals surface area contributed by atoms with Crippen molar-refractivity contribution in [3.63, 3.8) is 0 Å². The predicted molar refractivity (Wildman–Crippen MR) is 92.1 cm³/mol. The van der Waals surface area contributed by atoms with E-state index in [1.54, 1.807) is 0 Å². The minimum Gasteiger partial charge on any atom is -0.313 e. The Kier molecular flexibility index (Phi) is 4.77. The molecule has 0 saturated heterocycles. The van der Waals surface area contributed by atoms with E-state index in [0.29, 0.717) is 11.5 Å². The van der Waals surface area contributed by atoms with Gasteiger partial charge in [0.2, 0.25) is 0 Å².